The maximum Gasteiger partial charge on any atom is 0.418 e. The molecule has 0 radical (unpaired) electrons. The van der Waals surface area contributed by atoms with Crippen LogP contribution in [0.25, 0.3) is 0 Å². The summed E-state index contributed by atoms with van der Waals surface area (Å²) in [5.74, 6) is -1.61. The van der Waals surface area contributed by atoms with Crippen LogP contribution >= 0.6 is 22.6 Å². The fourth-order valence-electron chi connectivity index (χ4n) is 0.833. The first-order chi connectivity index (χ1) is 6.32. The maximum absolute atomic E-state index is 12.2. The predicted octanol–water partition coefficient (Wildman–Crippen LogP) is 2.40. The summed E-state index contributed by atoms with van der Waals surface area (Å²) < 4.78 is 36.9. The predicted molar refractivity (Wildman–Crippen MR) is 48.9 cm³/mol. The lowest BCUT2D eigenvalue weighted by atomic mass is 10.1. The Morgan fingerprint density at radius 3 is 2.50 bits per heavy atom. The molecule has 0 aliphatic rings. The minimum absolute atomic E-state index is 0.202. The van der Waals surface area contributed by atoms with Crippen LogP contribution < -0.4 is 0 Å². The Balaban J connectivity index is 3.37. The van der Waals surface area contributed by atoms with Crippen molar-refractivity contribution in [2.75, 3.05) is 0 Å². The summed E-state index contributed by atoms with van der Waals surface area (Å²) in [6.07, 6.45) is -4.17. The van der Waals surface area contributed by atoms with Crippen molar-refractivity contribution in [2.45, 2.75) is 6.18 Å². The minimum atomic E-state index is -4.69. The monoisotopic (exact) mass is 317 g/mol. The van der Waals surface area contributed by atoms with Crippen molar-refractivity contribution < 1.29 is 23.1 Å². The second-order valence-electron chi connectivity index (χ2n) is 2.36. The lowest BCUT2D eigenvalue weighted by molar-refractivity contribution is -0.138. The summed E-state index contributed by atoms with van der Waals surface area (Å²) in [6, 6.07) is 0.881. The van der Waals surface area contributed by atoms with Gasteiger partial charge in [-0.1, -0.05) is 0 Å². The zero-order chi connectivity index (χ0) is 10.9. The van der Waals surface area contributed by atoms with Gasteiger partial charge in [0.05, 0.1) is 11.1 Å². The van der Waals surface area contributed by atoms with Gasteiger partial charge >= 0.3 is 12.1 Å². The molecular formula is C7H3F3INO2. The van der Waals surface area contributed by atoms with E-state index in [9.17, 15) is 18.0 Å². The van der Waals surface area contributed by atoms with Gasteiger partial charge in [0, 0.05) is 6.20 Å². The first kappa shape index (κ1) is 11.2. The number of aromatic nitrogens is 1. The highest BCUT2D eigenvalue weighted by atomic mass is 127. The average Bonchev–Trinajstić information content (AvgIpc) is 2.01. The summed E-state index contributed by atoms with van der Waals surface area (Å²) in [7, 11) is 0. The van der Waals surface area contributed by atoms with E-state index in [1.54, 1.807) is 22.6 Å². The van der Waals surface area contributed by atoms with Gasteiger partial charge in [0.1, 0.15) is 3.70 Å². The third-order valence-corrected chi connectivity index (χ3v) is 2.00. The molecule has 0 atom stereocenters. The van der Waals surface area contributed by atoms with Crippen LogP contribution in [0.5, 0.6) is 0 Å². The van der Waals surface area contributed by atoms with Crippen LogP contribution in [0.3, 0.4) is 0 Å². The molecule has 0 fully saturated rings. The molecule has 0 bridgehead atoms. The average molecular weight is 317 g/mol. The van der Waals surface area contributed by atoms with Gasteiger partial charge in [0.2, 0.25) is 0 Å². The molecule has 0 saturated carbocycles. The van der Waals surface area contributed by atoms with Gasteiger partial charge < -0.3 is 5.11 Å². The van der Waals surface area contributed by atoms with Gasteiger partial charge in [-0.3, -0.25) is 0 Å². The zero-order valence-electron chi connectivity index (χ0n) is 6.47. The Labute approximate surface area is 90.1 Å². The van der Waals surface area contributed by atoms with Gasteiger partial charge in [0.15, 0.2) is 0 Å². The largest absolute Gasteiger partial charge is 0.478 e. The highest BCUT2D eigenvalue weighted by Gasteiger charge is 2.35. The fourth-order valence-corrected chi connectivity index (χ4v) is 1.28. The first-order valence-corrected chi connectivity index (χ1v) is 4.36. The molecule has 0 aliphatic heterocycles. The quantitative estimate of drug-likeness (QED) is 0.639. The first-order valence-electron chi connectivity index (χ1n) is 3.28. The lowest BCUT2D eigenvalue weighted by Crippen LogP contribution is -2.13. The highest BCUT2D eigenvalue weighted by molar-refractivity contribution is 14.1. The van der Waals surface area contributed by atoms with Crippen molar-refractivity contribution in [2.24, 2.45) is 0 Å². The standard InChI is InChI=1S/C7H3F3INO2/c8-7(9,10)4-2-12-5(11)1-3(4)6(13)14/h1-2H,(H,13,14). The van der Waals surface area contributed by atoms with Gasteiger partial charge in [0.25, 0.3) is 0 Å². The van der Waals surface area contributed by atoms with Crippen LogP contribution in [-0.4, -0.2) is 16.1 Å². The molecule has 0 amide bonds. The number of aromatic carboxylic acids is 1. The smallest absolute Gasteiger partial charge is 0.418 e. The number of rotatable bonds is 1. The summed E-state index contributed by atoms with van der Waals surface area (Å²) in [5.41, 5.74) is -2.01. The fraction of sp³-hybridized carbons (Fsp3) is 0.143. The zero-order valence-corrected chi connectivity index (χ0v) is 8.63. The van der Waals surface area contributed by atoms with Crippen LogP contribution in [0.1, 0.15) is 15.9 Å². The number of carboxylic acid groups (broad SMARTS) is 1. The van der Waals surface area contributed by atoms with E-state index in [-0.39, 0.29) is 3.70 Å². The van der Waals surface area contributed by atoms with Crippen molar-refractivity contribution in [3.05, 3.63) is 27.1 Å². The number of pyridine rings is 1. The van der Waals surface area contributed by atoms with Crippen LogP contribution in [0.4, 0.5) is 13.2 Å². The molecule has 1 aromatic heterocycles. The topological polar surface area (TPSA) is 50.2 Å². The highest BCUT2D eigenvalue weighted by Crippen LogP contribution is 2.31. The van der Waals surface area contributed by atoms with Gasteiger partial charge in [-0.05, 0) is 28.7 Å². The summed E-state index contributed by atoms with van der Waals surface area (Å²) >= 11 is 1.64. The van der Waals surface area contributed by atoms with Crippen LogP contribution in [-0.2, 0) is 6.18 Å². The number of carboxylic acids is 1. The third-order valence-electron chi connectivity index (χ3n) is 1.41. The number of halogens is 4. The Bertz CT molecular complexity index is 378. The SMILES string of the molecule is O=C(O)c1cc(I)ncc1C(F)(F)F. The Kier molecular flexibility index (Phi) is 2.98. The molecule has 0 aliphatic carbocycles. The molecule has 1 rings (SSSR count). The van der Waals surface area contributed by atoms with Crippen molar-refractivity contribution >= 4 is 28.6 Å². The van der Waals surface area contributed by atoms with Crippen LogP contribution in [0.15, 0.2) is 12.3 Å². The summed E-state index contributed by atoms with van der Waals surface area (Å²) in [4.78, 5) is 13.9. The normalized spacial score (nSPS) is 11.4. The van der Waals surface area contributed by atoms with Gasteiger partial charge in [-0.2, -0.15) is 13.2 Å². The maximum atomic E-state index is 12.2. The summed E-state index contributed by atoms with van der Waals surface area (Å²) in [6.45, 7) is 0. The van der Waals surface area contributed by atoms with Crippen molar-refractivity contribution in [1.82, 2.24) is 4.98 Å². The Hall–Kier alpha value is -0.860. The molecule has 1 heterocycles. The molecule has 0 spiro atoms. The van der Waals surface area contributed by atoms with Crippen LogP contribution in [0, 0.1) is 3.70 Å². The van der Waals surface area contributed by atoms with E-state index in [0.717, 1.165) is 6.07 Å². The van der Waals surface area contributed by atoms with E-state index in [4.69, 9.17) is 5.11 Å². The minimum Gasteiger partial charge on any atom is -0.478 e. The van der Waals surface area contributed by atoms with Crippen molar-refractivity contribution in [1.29, 1.82) is 0 Å². The molecule has 1 aromatic rings. The number of hydrogen-bond donors (Lipinski definition) is 1. The van der Waals surface area contributed by atoms with Crippen molar-refractivity contribution in [3.8, 4) is 0 Å². The molecule has 1 N–H and O–H groups in total. The lowest BCUT2D eigenvalue weighted by Gasteiger charge is -2.09. The number of nitrogens with zero attached hydrogens (tertiary/aromatic N) is 1. The second kappa shape index (κ2) is 3.71. The number of alkyl halides is 3. The van der Waals surface area contributed by atoms with Crippen LogP contribution in [0.2, 0.25) is 0 Å². The molecule has 0 unspecified atom stereocenters. The third kappa shape index (κ3) is 2.34. The Morgan fingerprint density at radius 2 is 2.07 bits per heavy atom. The van der Waals surface area contributed by atoms with E-state index in [0.29, 0.717) is 6.20 Å². The van der Waals surface area contributed by atoms with E-state index in [2.05, 4.69) is 4.98 Å². The van der Waals surface area contributed by atoms with Gasteiger partial charge in [-0.25, -0.2) is 9.78 Å². The van der Waals surface area contributed by atoms with Crippen molar-refractivity contribution in [3.63, 3.8) is 0 Å². The van der Waals surface area contributed by atoms with E-state index >= 15 is 0 Å². The molecule has 76 valence electrons. The molecule has 0 aromatic carbocycles. The molecule has 14 heavy (non-hydrogen) atoms. The molecule has 7 heteroatoms. The molecule has 3 nitrogen and oxygen atoms in total. The number of hydrogen-bond acceptors (Lipinski definition) is 2. The Morgan fingerprint density at radius 1 is 1.50 bits per heavy atom. The van der Waals surface area contributed by atoms with E-state index in [1.165, 1.54) is 0 Å². The van der Waals surface area contributed by atoms with E-state index in [1.807, 2.05) is 0 Å². The summed E-state index contributed by atoms with van der Waals surface area (Å²) in [5, 5.41) is 8.52. The second-order valence-corrected chi connectivity index (χ2v) is 3.46. The molecule has 0 saturated heterocycles. The number of carbonyl (C=O) groups is 1. The molecular weight excluding hydrogens is 314 g/mol. The van der Waals surface area contributed by atoms with Gasteiger partial charge in [-0.15, -0.1) is 0 Å². The van der Waals surface area contributed by atoms with E-state index < -0.39 is 23.3 Å².